The largest absolute Gasteiger partial charge is 0.476 e. The smallest absolute Gasteiger partial charge is 0.412 e. The lowest BCUT2D eigenvalue weighted by molar-refractivity contribution is -0.130. The third kappa shape index (κ3) is 1.47. The summed E-state index contributed by atoms with van der Waals surface area (Å²) < 4.78 is 0. The summed E-state index contributed by atoms with van der Waals surface area (Å²) in [4.78, 5) is 37.0. The molecule has 66 valence electrons. The number of hydrogen-bond acceptors (Lipinski definition) is 3. The van der Waals surface area contributed by atoms with E-state index in [1.165, 1.54) is 0 Å². The molecule has 0 unspecified atom stereocenters. The molecule has 1 heterocycles. The number of urea groups is 1. The molecule has 0 radical (unpaired) electrons. The highest BCUT2D eigenvalue weighted by atomic mass is 16.4. The number of amides is 3. The highest BCUT2D eigenvalue weighted by Gasteiger charge is 2.38. The number of aliphatic imine (C=N–C) groups is 1. The molecule has 0 aromatic rings. The molecule has 8 heteroatoms. The van der Waals surface area contributed by atoms with Crippen LogP contribution in [-0.2, 0) is 9.59 Å². The van der Waals surface area contributed by atoms with Crippen molar-refractivity contribution in [3.63, 3.8) is 0 Å². The number of carboxylic acids is 1. The van der Waals surface area contributed by atoms with Crippen molar-refractivity contribution in [2.75, 3.05) is 0 Å². The Morgan fingerprint density at radius 2 is 2.15 bits per heavy atom. The number of aliphatic carboxylic acids is 1. The number of rotatable bonds is 1. The van der Waals surface area contributed by atoms with Gasteiger partial charge < -0.3 is 10.6 Å². The lowest BCUT2D eigenvalue weighted by Gasteiger charge is -2.02. The van der Waals surface area contributed by atoms with Crippen molar-refractivity contribution >= 4 is 29.3 Å². The van der Waals surface area contributed by atoms with Crippen LogP contribution >= 0.6 is 0 Å². The number of nitrogens with one attached hydrogen (secondary N) is 1. The number of nitrogens with zero attached hydrogens (tertiary/aromatic N) is 3. The standard InChI is InChI=1S/C5H2N4O4/c6-9-1-2(4(11)12)7-5(13)8-3(1)10/h(H,11,12)(H,8,10,13). The van der Waals surface area contributed by atoms with Crippen molar-refractivity contribution in [2.45, 2.75) is 0 Å². The quantitative estimate of drug-likeness (QED) is 0.374. The van der Waals surface area contributed by atoms with Gasteiger partial charge in [0.15, 0.2) is 0 Å². The van der Waals surface area contributed by atoms with Gasteiger partial charge >= 0.3 is 23.6 Å². The monoisotopic (exact) mass is 182 g/mol. The first-order chi connectivity index (χ1) is 6.06. The van der Waals surface area contributed by atoms with Gasteiger partial charge in [-0.1, -0.05) is 0 Å². The molecule has 0 atom stereocenters. The Kier molecular flexibility index (Phi) is 1.99. The fraction of sp³-hybridized carbons (Fsp3) is 0. The molecule has 3 amide bonds. The van der Waals surface area contributed by atoms with E-state index >= 15 is 0 Å². The number of carbonyl (C=O) groups is 3. The molecule has 2 N–H and O–H groups in total. The van der Waals surface area contributed by atoms with Crippen LogP contribution < -0.4 is 5.32 Å². The SMILES string of the molecule is [N-]=[N+]=C1C(=O)NC(=O)N=C1C(=O)O. The predicted molar refractivity (Wildman–Crippen MR) is 37.2 cm³/mol. The van der Waals surface area contributed by atoms with Gasteiger partial charge in [0.25, 0.3) is 0 Å². The van der Waals surface area contributed by atoms with Crippen molar-refractivity contribution in [1.82, 2.24) is 5.32 Å². The first-order valence-electron chi connectivity index (χ1n) is 2.96. The second kappa shape index (κ2) is 2.95. The van der Waals surface area contributed by atoms with Crippen molar-refractivity contribution in [1.29, 1.82) is 0 Å². The molecular formula is C5H2N4O4. The van der Waals surface area contributed by atoms with Crippen LogP contribution in [0.4, 0.5) is 4.79 Å². The Morgan fingerprint density at radius 3 is 2.62 bits per heavy atom. The lowest BCUT2D eigenvalue weighted by atomic mass is 10.2. The second-order valence-corrected chi connectivity index (χ2v) is 1.97. The van der Waals surface area contributed by atoms with Crippen molar-refractivity contribution in [3.8, 4) is 0 Å². The lowest BCUT2D eigenvalue weighted by Crippen LogP contribution is -2.46. The Labute approximate surface area is 70.5 Å². The summed E-state index contributed by atoms with van der Waals surface area (Å²) >= 11 is 0. The van der Waals surface area contributed by atoms with Crippen molar-refractivity contribution in [3.05, 3.63) is 5.53 Å². The minimum absolute atomic E-state index is 0.799. The molecule has 1 aliphatic rings. The number of hydrogen-bond donors (Lipinski definition) is 2. The van der Waals surface area contributed by atoms with Crippen LogP contribution in [0.15, 0.2) is 4.99 Å². The van der Waals surface area contributed by atoms with Crippen LogP contribution in [0.1, 0.15) is 0 Å². The molecule has 0 aromatic carbocycles. The maximum atomic E-state index is 10.8. The first kappa shape index (κ1) is 8.75. The molecule has 0 bridgehead atoms. The fourth-order valence-electron chi connectivity index (χ4n) is 0.688. The van der Waals surface area contributed by atoms with E-state index in [0.717, 1.165) is 0 Å². The van der Waals surface area contributed by atoms with E-state index in [4.69, 9.17) is 10.6 Å². The Balaban J connectivity index is 3.30. The third-order valence-electron chi connectivity index (χ3n) is 1.18. The molecular weight excluding hydrogens is 180 g/mol. The van der Waals surface area contributed by atoms with Gasteiger partial charge in [0, 0.05) is 0 Å². The van der Waals surface area contributed by atoms with Gasteiger partial charge in [-0.25, -0.2) is 9.59 Å². The molecule has 1 aliphatic heterocycles. The second-order valence-electron chi connectivity index (χ2n) is 1.97. The zero-order chi connectivity index (χ0) is 10.0. The van der Waals surface area contributed by atoms with Crippen molar-refractivity contribution in [2.24, 2.45) is 4.99 Å². The first-order valence-corrected chi connectivity index (χ1v) is 2.96. The third-order valence-corrected chi connectivity index (χ3v) is 1.18. The molecule has 0 saturated carbocycles. The average Bonchev–Trinajstić information content (AvgIpc) is 2.02. The topological polar surface area (TPSA) is 132 Å². The van der Waals surface area contributed by atoms with Crippen LogP contribution in [0.2, 0.25) is 0 Å². The van der Waals surface area contributed by atoms with Crippen LogP contribution in [-0.4, -0.2) is 39.2 Å². The van der Waals surface area contributed by atoms with Gasteiger partial charge in [-0.05, 0) is 0 Å². The highest BCUT2D eigenvalue weighted by Crippen LogP contribution is 1.92. The van der Waals surface area contributed by atoms with Gasteiger partial charge in [0.05, 0.1) is 0 Å². The zero-order valence-electron chi connectivity index (χ0n) is 6.01. The Bertz CT molecular complexity index is 389. The van der Waals surface area contributed by atoms with E-state index in [2.05, 4.69) is 9.78 Å². The molecule has 8 nitrogen and oxygen atoms in total. The van der Waals surface area contributed by atoms with E-state index in [1.807, 2.05) is 0 Å². The minimum Gasteiger partial charge on any atom is -0.476 e. The van der Waals surface area contributed by atoms with E-state index in [9.17, 15) is 14.4 Å². The van der Waals surface area contributed by atoms with Gasteiger partial charge in [-0.3, -0.25) is 10.1 Å². The molecule has 0 aliphatic carbocycles. The van der Waals surface area contributed by atoms with Gasteiger partial charge in [-0.15, -0.1) is 0 Å². The van der Waals surface area contributed by atoms with Crippen molar-refractivity contribution < 1.29 is 24.3 Å². The summed E-state index contributed by atoms with van der Waals surface area (Å²) in [6, 6.07) is -1.10. The van der Waals surface area contributed by atoms with E-state index in [0.29, 0.717) is 0 Å². The van der Waals surface area contributed by atoms with E-state index in [1.54, 1.807) is 5.32 Å². The molecule has 0 aromatic heterocycles. The summed E-state index contributed by atoms with van der Waals surface area (Å²) in [6.07, 6.45) is 0. The van der Waals surface area contributed by atoms with E-state index in [-0.39, 0.29) is 0 Å². The number of carboxylic acid groups (broad SMARTS) is 1. The summed E-state index contributed by atoms with van der Waals surface area (Å²) in [5.74, 6) is -2.71. The normalized spacial score (nSPS) is 16.0. The summed E-state index contributed by atoms with van der Waals surface area (Å²) in [5, 5.41) is 10.1. The van der Waals surface area contributed by atoms with Gasteiger partial charge in [-0.2, -0.15) is 9.78 Å². The summed E-state index contributed by atoms with van der Waals surface area (Å²) in [7, 11) is 0. The minimum atomic E-state index is -1.61. The zero-order valence-corrected chi connectivity index (χ0v) is 6.01. The summed E-state index contributed by atoms with van der Waals surface area (Å²) in [5.41, 5.74) is 6.56. The van der Waals surface area contributed by atoms with Crippen LogP contribution in [0.3, 0.4) is 0 Å². The number of carbonyl (C=O) groups excluding carboxylic acids is 2. The molecule has 0 saturated heterocycles. The highest BCUT2D eigenvalue weighted by molar-refractivity contribution is 6.80. The Morgan fingerprint density at radius 1 is 1.54 bits per heavy atom. The molecule has 13 heavy (non-hydrogen) atoms. The fourth-order valence-corrected chi connectivity index (χ4v) is 0.688. The molecule has 0 spiro atoms. The van der Waals surface area contributed by atoms with E-state index < -0.39 is 29.3 Å². The van der Waals surface area contributed by atoms with Gasteiger partial charge in [0.1, 0.15) is 0 Å². The van der Waals surface area contributed by atoms with Crippen LogP contribution in [0.5, 0.6) is 0 Å². The Hall–Kier alpha value is -2.34. The maximum Gasteiger partial charge on any atom is 0.412 e. The molecule has 0 fully saturated rings. The maximum absolute atomic E-state index is 10.8. The van der Waals surface area contributed by atoms with Crippen LogP contribution in [0.25, 0.3) is 5.53 Å². The molecule has 1 rings (SSSR count). The predicted octanol–water partition coefficient (Wildman–Crippen LogP) is -1.57. The summed E-state index contributed by atoms with van der Waals surface area (Å²) in [6.45, 7) is 0. The average molecular weight is 182 g/mol. The van der Waals surface area contributed by atoms with Crippen LogP contribution in [0, 0.1) is 0 Å². The van der Waals surface area contributed by atoms with Gasteiger partial charge in [0.2, 0.25) is 5.71 Å². The number of imide groups is 1.